The zero-order chi connectivity index (χ0) is 5.70. The molecule has 7 heavy (non-hydrogen) atoms. The van der Waals surface area contributed by atoms with Gasteiger partial charge in [-0.2, -0.15) is 0 Å². The van der Waals surface area contributed by atoms with Gasteiger partial charge in [-0.25, -0.2) is 0 Å². The van der Waals surface area contributed by atoms with Crippen molar-refractivity contribution in [1.29, 1.82) is 0 Å². The Kier molecular flexibility index (Phi) is 4.04. The summed E-state index contributed by atoms with van der Waals surface area (Å²) in [6.45, 7) is 5.21. The van der Waals surface area contributed by atoms with E-state index >= 15 is 0 Å². The van der Waals surface area contributed by atoms with E-state index in [1.807, 2.05) is 7.05 Å². The van der Waals surface area contributed by atoms with Crippen LogP contribution in [0.2, 0.25) is 0 Å². The monoisotopic (exact) mass is 102 g/mol. The molecular formula is C5H14N2. The third-order valence-electron chi connectivity index (χ3n) is 0.943. The lowest BCUT2D eigenvalue weighted by molar-refractivity contribution is 0.505. The van der Waals surface area contributed by atoms with E-state index in [9.17, 15) is 0 Å². The van der Waals surface area contributed by atoms with Crippen LogP contribution in [0.1, 0.15) is 13.8 Å². The Morgan fingerprint density at radius 3 is 2.29 bits per heavy atom. The highest BCUT2D eigenvalue weighted by Gasteiger charge is 1.88. The van der Waals surface area contributed by atoms with Crippen molar-refractivity contribution >= 4 is 0 Å². The van der Waals surface area contributed by atoms with Gasteiger partial charge in [0.1, 0.15) is 0 Å². The molecule has 0 amide bonds. The first-order valence-electron chi connectivity index (χ1n) is 2.72. The molecule has 0 radical (unpaired) electrons. The second kappa shape index (κ2) is 4.09. The topological polar surface area (TPSA) is 24.1 Å². The molecule has 2 heteroatoms. The zero-order valence-corrected chi connectivity index (χ0v) is 5.28. The molecule has 0 saturated heterocycles. The van der Waals surface area contributed by atoms with Crippen LogP contribution in [-0.2, 0) is 0 Å². The van der Waals surface area contributed by atoms with Crippen molar-refractivity contribution < 1.29 is 0 Å². The van der Waals surface area contributed by atoms with Crippen molar-refractivity contribution in [2.75, 3.05) is 13.6 Å². The second-order valence-electron chi connectivity index (χ2n) is 1.57. The van der Waals surface area contributed by atoms with Crippen molar-refractivity contribution in [3.05, 3.63) is 0 Å². The Bertz CT molecular complexity index is 37.1. The van der Waals surface area contributed by atoms with Crippen LogP contribution in [0, 0.1) is 0 Å². The summed E-state index contributed by atoms with van der Waals surface area (Å²) in [6, 6.07) is 0. The molecular weight excluding hydrogens is 88.1 g/mol. The molecule has 0 unspecified atom stereocenters. The average molecular weight is 102 g/mol. The van der Waals surface area contributed by atoms with E-state index in [-0.39, 0.29) is 0 Å². The summed E-state index contributed by atoms with van der Waals surface area (Å²) in [5.74, 6) is 0. The highest BCUT2D eigenvalue weighted by atomic mass is 15.1. The summed E-state index contributed by atoms with van der Waals surface area (Å²) in [5.41, 5.74) is 0. The maximum atomic E-state index is 3.18. The van der Waals surface area contributed by atoms with Crippen molar-refractivity contribution in [2.24, 2.45) is 0 Å². The maximum Gasteiger partial charge on any atom is 0.0539 e. The molecule has 0 spiro atoms. The van der Waals surface area contributed by atoms with Gasteiger partial charge in [-0.1, -0.05) is 6.92 Å². The summed E-state index contributed by atoms with van der Waals surface area (Å²) in [7, 11) is 1.94. The van der Waals surface area contributed by atoms with Gasteiger partial charge in [0.25, 0.3) is 0 Å². The van der Waals surface area contributed by atoms with E-state index in [0.717, 1.165) is 6.54 Å². The van der Waals surface area contributed by atoms with Gasteiger partial charge in [0.15, 0.2) is 0 Å². The van der Waals surface area contributed by atoms with Crippen LogP contribution in [0.5, 0.6) is 0 Å². The van der Waals surface area contributed by atoms with E-state index in [2.05, 4.69) is 24.5 Å². The highest BCUT2D eigenvalue weighted by molar-refractivity contribution is 4.49. The maximum absolute atomic E-state index is 3.18. The van der Waals surface area contributed by atoms with Crippen LogP contribution >= 0.6 is 0 Å². The SMILES string of the molecule is CCN[C@@H](C)NC. The van der Waals surface area contributed by atoms with Crippen LogP contribution in [0.25, 0.3) is 0 Å². The smallest absolute Gasteiger partial charge is 0.0539 e. The van der Waals surface area contributed by atoms with Crippen molar-refractivity contribution in [1.82, 2.24) is 10.6 Å². The summed E-state index contributed by atoms with van der Waals surface area (Å²) < 4.78 is 0. The van der Waals surface area contributed by atoms with E-state index in [1.54, 1.807) is 0 Å². The van der Waals surface area contributed by atoms with E-state index in [1.165, 1.54) is 0 Å². The van der Waals surface area contributed by atoms with Crippen LogP contribution in [0.4, 0.5) is 0 Å². The molecule has 1 atom stereocenters. The van der Waals surface area contributed by atoms with Crippen LogP contribution < -0.4 is 10.6 Å². The average Bonchev–Trinajstić information content (AvgIpc) is 1.68. The molecule has 0 aromatic heterocycles. The highest BCUT2D eigenvalue weighted by Crippen LogP contribution is 1.66. The summed E-state index contributed by atoms with van der Waals surface area (Å²) >= 11 is 0. The van der Waals surface area contributed by atoms with Gasteiger partial charge in [-0.15, -0.1) is 0 Å². The number of hydrogen-bond acceptors (Lipinski definition) is 2. The van der Waals surface area contributed by atoms with Gasteiger partial charge in [-0.3, -0.25) is 0 Å². The Morgan fingerprint density at radius 2 is 2.14 bits per heavy atom. The molecule has 44 valence electrons. The lowest BCUT2D eigenvalue weighted by Crippen LogP contribution is -2.36. The van der Waals surface area contributed by atoms with Crippen molar-refractivity contribution in [3.63, 3.8) is 0 Å². The quantitative estimate of drug-likeness (QED) is 0.496. The normalized spacial score (nSPS) is 14.1. The summed E-state index contributed by atoms with van der Waals surface area (Å²) in [5, 5.41) is 6.24. The lowest BCUT2D eigenvalue weighted by Gasteiger charge is -2.08. The Morgan fingerprint density at radius 1 is 1.57 bits per heavy atom. The largest absolute Gasteiger partial charge is 0.305 e. The van der Waals surface area contributed by atoms with Gasteiger partial charge < -0.3 is 10.6 Å². The first kappa shape index (κ1) is 6.92. The molecule has 0 aliphatic heterocycles. The van der Waals surface area contributed by atoms with E-state index in [0.29, 0.717) is 6.17 Å². The molecule has 0 saturated carbocycles. The molecule has 0 heterocycles. The zero-order valence-electron chi connectivity index (χ0n) is 5.28. The summed E-state index contributed by atoms with van der Waals surface area (Å²) in [6.07, 6.45) is 0.449. The minimum absolute atomic E-state index is 0.449. The van der Waals surface area contributed by atoms with E-state index in [4.69, 9.17) is 0 Å². The third-order valence-corrected chi connectivity index (χ3v) is 0.943. The predicted molar refractivity (Wildman–Crippen MR) is 32.2 cm³/mol. The Hall–Kier alpha value is -0.0800. The minimum Gasteiger partial charge on any atom is -0.305 e. The fourth-order valence-electron chi connectivity index (χ4n) is 0.408. The molecule has 2 nitrogen and oxygen atoms in total. The van der Waals surface area contributed by atoms with Gasteiger partial charge in [0.05, 0.1) is 6.17 Å². The molecule has 0 aliphatic carbocycles. The summed E-state index contributed by atoms with van der Waals surface area (Å²) in [4.78, 5) is 0. The second-order valence-corrected chi connectivity index (χ2v) is 1.57. The number of rotatable bonds is 3. The Labute approximate surface area is 45.3 Å². The van der Waals surface area contributed by atoms with Gasteiger partial charge >= 0.3 is 0 Å². The lowest BCUT2D eigenvalue weighted by atomic mass is 10.5. The molecule has 0 fully saturated rings. The fraction of sp³-hybridized carbons (Fsp3) is 1.00. The Balaban J connectivity index is 2.83. The predicted octanol–water partition coefficient (Wildman–Crippen LogP) is 0.161. The first-order chi connectivity index (χ1) is 3.31. The van der Waals surface area contributed by atoms with Crippen LogP contribution in [0.15, 0.2) is 0 Å². The first-order valence-corrected chi connectivity index (χ1v) is 2.72. The minimum atomic E-state index is 0.449. The van der Waals surface area contributed by atoms with Crippen molar-refractivity contribution in [2.45, 2.75) is 20.0 Å². The third kappa shape index (κ3) is 3.76. The molecule has 0 rings (SSSR count). The molecule has 0 aromatic carbocycles. The standard InChI is InChI=1S/C5H14N2/c1-4-7-5(2)6-3/h5-7H,4H2,1-3H3/t5-/m0/s1. The van der Waals surface area contributed by atoms with Gasteiger partial charge in [0.2, 0.25) is 0 Å². The molecule has 0 bridgehead atoms. The molecule has 0 aromatic rings. The van der Waals surface area contributed by atoms with Crippen molar-refractivity contribution in [3.8, 4) is 0 Å². The van der Waals surface area contributed by atoms with Crippen LogP contribution in [0.3, 0.4) is 0 Å². The fourth-order valence-corrected chi connectivity index (χ4v) is 0.408. The number of nitrogens with one attached hydrogen (secondary N) is 2. The molecule has 0 aliphatic rings. The van der Waals surface area contributed by atoms with Gasteiger partial charge in [0, 0.05) is 0 Å². The number of hydrogen-bond donors (Lipinski definition) is 2. The van der Waals surface area contributed by atoms with Crippen LogP contribution in [-0.4, -0.2) is 19.8 Å². The molecule has 2 N–H and O–H groups in total. The van der Waals surface area contributed by atoms with E-state index < -0.39 is 0 Å². The van der Waals surface area contributed by atoms with Gasteiger partial charge in [-0.05, 0) is 20.5 Å².